The summed E-state index contributed by atoms with van der Waals surface area (Å²) in [5.41, 5.74) is 0. The molecule has 1 rings (SSSR count). The second-order valence-corrected chi connectivity index (χ2v) is 15.4. The van der Waals surface area contributed by atoms with E-state index in [-0.39, 0.29) is 51.4 Å². The summed E-state index contributed by atoms with van der Waals surface area (Å²) in [5.74, 6) is 0. The van der Waals surface area contributed by atoms with Gasteiger partial charge in [0.25, 0.3) is 0 Å². The fourth-order valence-corrected chi connectivity index (χ4v) is 9.57. The van der Waals surface area contributed by atoms with Crippen molar-refractivity contribution in [3.63, 3.8) is 0 Å². The minimum atomic E-state index is -1.11. The molecule has 0 unspecified atom stereocenters. The molecule has 0 saturated carbocycles. The Kier molecular flexibility index (Phi) is 11.6. The smallest absolute Gasteiger partial charge is 0.668 e. The van der Waals surface area contributed by atoms with Crippen LogP contribution in [0.1, 0.15) is 12.8 Å². The van der Waals surface area contributed by atoms with Crippen LogP contribution in [0.3, 0.4) is 0 Å². The average molecular weight is 272 g/mol. The second-order valence-electron chi connectivity index (χ2n) is 5.77. The van der Waals surface area contributed by atoms with E-state index in [0.717, 1.165) is 13.2 Å². The van der Waals surface area contributed by atoms with Gasteiger partial charge in [-0.3, -0.25) is 0 Å². The summed E-state index contributed by atoms with van der Waals surface area (Å²) >= 11 is 0. The number of hydrogen-bond acceptors (Lipinski definition) is 1. The summed E-state index contributed by atoms with van der Waals surface area (Å²) < 4.78 is 9.76. The molecule has 0 bridgehead atoms. The van der Waals surface area contributed by atoms with Crippen LogP contribution in [0.4, 0.5) is 0 Å². The first-order valence-electron chi connectivity index (χ1n) is 5.52. The van der Waals surface area contributed by atoms with E-state index >= 15 is 0 Å². The van der Waals surface area contributed by atoms with Gasteiger partial charge < -0.3 is 9.38 Å². The Labute approximate surface area is 141 Å². The van der Waals surface area contributed by atoms with Crippen LogP contribution >= 0.6 is 0 Å². The van der Waals surface area contributed by atoms with Crippen molar-refractivity contribution < 1.29 is 56.1 Å². The van der Waals surface area contributed by atoms with E-state index in [4.69, 9.17) is 9.38 Å². The first-order chi connectivity index (χ1) is 6.21. The molecular weight excluding hydrogens is 245 g/mol. The summed E-state index contributed by atoms with van der Waals surface area (Å²) in [4.78, 5) is 0. The van der Waals surface area contributed by atoms with Crippen molar-refractivity contribution in [1.29, 1.82) is 0 Å². The van der Waals surface area contributed by atoms with Gasteiger partial charge in [-0.15, -0.1) is 0 Å². The largest absolute Gasteiger partial charge is 1.00 e. The van der Waals surface area contributed by atoms with Gasteiger partial charge in [0.2, 0.25) is 0 Å². The molecule has 0 aromatic heterocycles. The van der Waals surface area contributed by atoms with Crippen molar-refractivity contribution in [3.05, 3.63) is 4.65 Å². The maximum absolute atomic E-state index is 4.94. The predicted molar refractivity (Wildman–Crippen MR) is 70.1 cm³/mol. The topological polar surface area (TPSA) is 23.3 Å². The number of nitrogens with zero attached hydrogens (tertiary/aromatic N) is 1. The Balaban J connectivity index is 0. The number of hydrogen-bond donors (Lipinski definition) is 0. The molecular formula is C10H26KNOSi2. The molecule has 0 radical (unpaired) electrons. The predicted octanol–water partition coefficient (Wildman–Crippen LogP) is 0.831. The molecule has 86 valence electrons. The van der Waals surface area contributed by atoms with Crippen LogP contribution in [0.15, 0.2) is 0 Å². The monoisotopic (exact) mass is 271 g/mol. The third-order valence-electron chi connectivity index (χ3n) is 1.50. The van der Waals surface area contributed by atoms with Gasteiger partial charge in [-0.1, -0.05) is 55.8 Å². The van der Waals surface area contributed by atoms with Crippen LogP contribution < -0.4 is 51.4 Å². The molecule has 1 aliphatic rings. The number of ether oxygens (including phenoxy) is 1. The molecule has 5 heteroatoms. The third kappa shape index (κ3) is 18.5. The molecule has 1 aliphatic heterocycles. The molecule has 2 nitrogen and oxygen atoms in total. The van der Waals surface area contributed by atoms with Crippen LogP contribution in [0.25, 0.3) is 4.65 Å². The molecule has 1 saturated heterocycles. The summed E-state index contributed by atoms with van der Waals surface area (Å²) in [6, 6.07) is 0. The van der Waals surface area contributed by atoms with E-state index in [1.165, 1.54) is 12.8 Å². The van der Waals surface area contributed by atoms with Crippen molar-refractivity contribution >= 4 is 16.5 Å². The molecule has 0 aliphatic carbocycles. The molecule has 15 heavy (non-hydrogen) atoms. The van der Waals surface area contributed by atoms with Crippen LogP contribution in [0, 0.1) is 0 Å². The van der Waals surface area contributed by atoms with Crippen LogP contribution in [-0.4, -0.2) is 29.7 Å². The Bertz CT molecular complexity index is 131. The van der Waals surface area contributed by atoms with E-state index in [9.17, 15) is 0 Å². The van der Waals surface area contributed by atoms with Gasteiger partial charge in [-0.25, -0.2) is 0 Å². The Hall–Kier alpha value is 1.99. The fraction of sp³-hybridized carbons (Fsp3) is 1.00. The zero-order valence-corrected chi connectivity index (χ0v) is 16.8. The first kappa shape index (κ1) is 19.3. The molecule has 1 heterocycles. The van der Waals surface area contributed by atoms with Gasteiger partial charge >= 0.3 is 51.4 Å². The third-order valence-corrected chi connectivity index (χ3v) is 6.86. The number of rotatable bonds is 2. The van der Waals surface area contributed by atoms with Crippen LogP contribution in [-0.2, 0) is 4.74 Å². The molecule has 0 atom stereocenters. The van der Waals surface area contributed by atoms with Gasteiger partial charge in [0.1, 0.15) is 0 Å². The standard InChI is InChI=1S/C6H18NSi2.C4H8O.K/c1-8(2,3)7-9(4,5)6;1-2-4-5-3-1;/h1-6H3;1-4H2;/q-1;;+1. The van der Waals surface area contributed by atoms with Gasteiger partial charge in [0.05, 0.1) is 0 Å². The van der Waals surface area contributed by atoms with E-state index < -0.39 is 16.5 Å². The van der Waals surface area contributed by atoms with E-state index in [0.29, 0.717) is 0 Å². The van der Waals surface area contributed by atoms with Crippen molar-refractivity contribution in [2.24, 2.45) is 0 Å². The SMILES string of the molecule is C1CCOC1.C[Si](C)(C)[N-][Si](C)(C)C.[K+]. The van der Waals surface area contributed by atoms with Crippen molar-refractivity contribution in [2.45, 2.75) is 52.1 Å². The Morgan fingerprint density at radius 1 is 0.800 bits per heavy atom. The molecule has 1 fully saturated rings. The van der Waals surface area contributed by atoms with Crippen molar-refractivity contribution in [2.75, 3.05) is 13.2 Å². The van der Waals surface area contributed by atoms with Gasteiger partial charge in [0.15, 0.2) is 0 Å². The molecule has 0 aromatic rings. The fourth-order valence-electron chi connectivity index (χ4n) is 1.52. The quantitative estimate of drug-likeness (QED) is 0.683. The second kappa shape index (κ2) is 8.99. The van der Waals surface area contributed by atoms with E-state index in [1.54, 1.807) is 0 Å². The molecule has 0 amide bonds. The van der Waals surface area contributed by atoms with E-state index in [1.807, 2.05) is 0 Å². The zero-order chi connectivity index (χ0) is 11.2. The molecule has 0 spiro atoms. The minimum Gasteiger partial charge on any atom is -0.668 e. The average Bonchev–Trinajstić information content (AvgIpc) is 2.29. The maximum atomic E-state index is 4.94. The summed E-state index contributed by atoms with van der Waals surface area (Å²) in [6.45, 7) is 15.8. The van der Waals surface area contributed by atoms with Gasteiger partial charge in [-0.2, -0.15) is 0 Å². The van der Waals surface area contributed by atoms with Crippen molar-refractivity contribution in [3.8, 4) is 0 Å². The molecule has 0 aromatic carbocycles. The summed E-state index contributed by atoms with van der Waals surface area (Å²) in [5, 5.41) is 0. The zero-order valence-electron chi connectivity index (χ0n) is 11.7. The van der Waals surface area contributed by atoms with Gasteiger partial charge in [-0.05, 0) is 12.8 Å². The minimum absolute atomic E-state index is 0. The van der Waals surface area contributed by atoms with Crippen LogP contribution in [0.5, 0.6) is 0 Å². The van der Waals surface area contributed by atoms with Crippen LogP contribution in [0.2, 0.25) is 39.3 Å². The first-order valence-corrected chi connectivity index (χ1v) is 12.4. The normalized spacial score (nSPS) is 16.4. The van der Waals surface area contributed by atoms with Gasteiger partial charge in [0, 0.05) is 13.2 Å². The summed E-state index contributed by atoms with van der Waals surface area (Å²) in [7, 11) is -2.21. The summed E-state index contributed by atoms with van der Waals surface area (Å²) in [6.07, 6.45) is 2.56. The van der Waals surface area contributed by atoms with E-state index in [2.05, 4.69) is 39.3 Å². The molecule has 0 N–H and O–H groups in total. The Morgan fingerprint density at radius 3 is 1.20 bits per heavy atom. The van der Waals surface area contributed by atoms with Crippen molar-refractivity contribution in [1.82, 2.24) is 0 Å². The maximum Gasteiger partial charge on any atom is 1.00 e. The Morgan fingerprint density at radius 2 is 1.13 bits per heavy atom.